The third kappa shape index (κ3) is 5.86. The van der Waals surface area contributed by atoms with Crippen LogP contribution in [0, 0.1) is 18.3 Å². The molecule has 0 saturated carbocycles. The summed E-state index contributed by atoms with van der Waals surface area (Å²) in [5.41, 5.74) is 7.83. The van der Waals surface area contributed by atoms with Crippen molar-refractivity contribution in [1.82, 2.24) is 4.98 Å². The highest BCUT2D eigenvalue weighted by molar-refractivity contribution is 5.76. The Labute approximate surface area is 190 Å². The number of unbranched alkanes of at least 4 members (excludes halogenated alkanes) is 1. The lowest BCUT2D eigenvalue weighted by atomic mass is 10.1. The van der Waals surface area contributed by atoms with E-state index in [0.29, 0.717) is 5.56 Å². The molecule has 0 aliphatic heterocycles. The molecule has 0 aliphatic rings. The van der Waals surface area contributed by atoms with Gasteiger partial charge in [-0.1, -0.05) is 31.5 Å². The molecule has 6 nitrogen and oxygen atoms in total. The minimum atomic E-state index is -4.49. The molecular formula is C24H23F3N6. The van der Waals surface area contributed by atoms with Crippen molar-refractivity contribution in [3.8, 4) is 6.07 Å². The Hall–Kier alpha value is -3.93. The van der Waals surface area contributed by atoms with E-state index in [2.05, 4.69) is 27.5 Å². The second-order valence-electron chi connectivity index (χ2n) is 7.48. The average Bonchev–Trinajstić information content (AvgIpc) is 2.78. The number of nitrogens with two attached hydrogens (primary N) is 1. The molecule has 3 rings (SSSR count). The first-order valence-electron chi connectivity index (χ1n) is 10.4. The molecule has 0 unspecified atom stereocenters. The highest BCUT2D eigenvalue weighted by Gasteiger charge is 2.30. The number of nitrogen functional groups attached to an aromatic ring is 1. The summed E-state index contributed by atoms with van der Waals surface area (Å²) in [4.78, 5) is 4.25. The molecule has 1 aromatic heterocycles. The van der Waals surface area contributed by atoms with Crippen LogP contribution in [-0.4, -0.2) is 4.98 Å². The Kier molecular flexibility index (Phi) is 7.28. The van der Waals surface area contributed by atoms with E-state index in [1.165, 1.54) is 17.7 Å². The third-order valence-electron chi connectivity index (χ3n) is 5.03. The van der Waals surface area contributed by atoms with Crippen LogP contribution in [-0.2, 0) is 12.6 Å². The molecule has 0 radical (unpaired) electrons. The number of benzene rings is 2. The number of hydrogen-bond acceptors (Lipinski definition) is 6. The Bertz CT molecular complexity index is 1190. The fourth-order valence-electron chi connectivity index (χ4n) is 3.19. The number of pyridine rings is 1. The van der Waals surface area contributed by atoms with Crippen molar-refractivity contribution in [3.63, 3.8) is 0 Å². The quantitative estimate of drug-likeness (QED) is 0.366. The van der Waals surface area contributed by atoms with E-state index in [1.807, 2.05) is 30.3 Å². The zero-order valence-corrected chi connectivity index (χ0v) is 18.2. The average molecular weight is 452 g/mol. The standard InChI is InChI=1S/C24H23F3N6/c1-3-4-6-16-9-11-18(12-10-16)30-23-21(15(2)20(14-28)22(29)31-23)33-32-19-8-5-7-17(13-19)24(25,26)27/h5,7-13H,3-4,6H2,1-2H3,(H3,29,30,31)/b33-32+. The van der Waals surface area contributed by atoms with Crippen LogP contribution >= 0.6 is 0 Å². The number of rotatable bonds is 7. The fourth-order valence-corrected chi connectivity index (χ4v) is 3.19. The lowest BCUT2D eigenvalue weighted by Crippen LogP contribution is -2.04. The summed E-state index contributed by atoms with van der Waals surface area (Å²) in [5.74, 6) is 0.274. The summed E-state index contributed by atoms with van der Waals surface area (Å²) in [6.45, 7) is 3.77. The van der Waals surface area contributed by atoms with Crippen LogP contribution in [0.1, 0.15) is 42.0 Å². The summed E-state index contributed by atoms with van der Waals surface area (Å²) in [7, 11) is 0. The number of aromatic nitrogens is 1. The van der Waals surface area contributed by atoms with Crippen LogP contribution in [0.3, 0.4) is 0 Å². The molecule has 0 fully saturated rings. The molecule has 3 aromatic rings. The zero-order chi connectivity index (χ0) is 24.0. The topological polar surface area (TPSA) is 99.4 Å². The number of nitrogens with one attached hydrogen (secondary N) is 1. The molecule has 0 atom stereocenters. The molecule has 33 heavy (non-hydrogen) atoms. The van der Waals surface area contributed by atoms with Gasteiger partial charge in [-0.05, 0) is 55.7 Å². The number of hydrogen-bond donors (Lipinski definition) is 2. The Balaban J connectivity index is 1.97. The van der Waals surface area contributed by atoms with Gasteiger partial charge in [0.25, 0.3) is 0 Å². The van der Waals surface area contributed by atoms with Crippen LogP contribution < -0.4 is 11.1 Å². The SMILES string of the molecule is CCCCc1ccc(Nc2nc(N)c(C#N)c(C)c2/N=N/c2cccc(C(F)(F)F)c2)cc1. The van der Waals surface area contributed by atoms with Crippen LogP contribution in [0.4, 0.5) is 41.9 Å². The van der Waals surface area contributed by atoms with Crippen LogP contribution in [0.5, 0.6) is 0 Å². The highest BCUT2D eigenvalue weighted by atomic mass is 19.4. The lowest BCUT2D eigenvalue weighted by Gasteiger charge is -2.13. The van der Waals surface area contributed by atoms with Crippen molar-refractivity contribution in [2.24, 2.45) is 10.2 Å². The maximum Gasteiger partial charge on any atom is 0.416 e. The Morgan fingerprint density at radius 1 is 1.12 bits per heavy atom. The number of aryl methyl sites for hydroxylation is 1. The second kappa shape index (κ2) is 10.1. The van der Waals surface area contributed by atoms with Crippen molar-refractivity contribution >= 4 is 28.7 Å². The third-order valence-corrected chi connectivity index (χ3v) is 5.03. The molecule has 170 valence electrons. The summed E-state index contributed by atoms with van der Waals surface area (Å²) >= 11 is 0. The molecule has 1 heterocycles. The van der Waals surface area contributed by atoms with Gasteiger partial charge in [0.1, 0.15) is 17.6 Å². The van der Waals surface area contributed by atoms with Gasteiger partial charge in [-0.25, -0.2) is 4.98 Å². The van der Waals surface area contributed by atoms with Gasteiger partial charge >= 0.3 is 6.18 Å². The van der Waals surface area contributed by atoms with E-state index in [-0.39, 0.29) is 28.6 Å². The van der Waals surface area contributed by atoms with Gasteiger partial charge in [-0.15, -0.1) is 5.11 Å². The van der Waals surface area contributed by atoms with Crippen LogP contribution in [0.15, 0.2) is 58.8 Å². The Morgan fingerprint density at radius 2 is 1.85 bits per heavy atom. The maximum atomic E-state index is 13.0. The van der Waals surface area contributed by atoms with E-state index in [9.17, 15) is 18.4 Å². The van der Waals surface area contributed by atoms with E-state index in [1.54, 1.807) is 6.92 Å². The maximum absolute atomic E-state index is 13.0. The van der Waals surface area contributed by atoms with Gasteiger partial charge in [0.05, 0.1) is 16.8 Å². The number of alkyl halides is 3. The van der Waals surface area contributed by atoms with E-state index in [4.69, 9.17) is 5.73 Å². The van der Waals surface area contributed by atoms with Crippen molar-refractivity contribution in [2.45, 2.75) is 39.3 Å². The Morgan fingerprint density at radius 3 is 2.48 bits per heavy atom. The first-order valence-corrected chi connectivity index (χ1v) is 10.4. The molecule has 0 amide bonds. The number of anilines is 3. The van der Waals surface area contributed by atoms with Gasteiger partial charge in [-0.3, -0.25) is 0 Å². The molecule has 0 bridgehead atoms. The van der Waals surface area contributed by atoms with Crippen molar-refractivity contribution in [2.75, 3.05) is 11.1 Å². The lowest BCUT2D eigenvalue weighted by molar-refractivity contribution is -0.137. The van der Waals surface area contributed by atoms with Gasteiger partial charge < -0.3 is 11.1 Å². The monoisotopic (exact) mass is 452 g/mol. The summed E-state index contributed by atoms with van der Waals surface area (Å²) in [6.07, 6.45) is -1.31. The number of azo groups is 1. The van der Waals surface area contributed by atoms with E-state index >= 15 is 0 Å². The van der Waals surface area contributed by atoms with E-state index in [0.717, 1.165) is 37.1 Å². The van der Waals surface area contributed by atoms with Gasteiger partial charge in [-0.2, -0.15) is 23.5 Å². The predicted octanol–water partition coefficient (Wildman–Crippen LogP) is 7.36. The number of halogens is 3. The van der Waals surface area contributed by atoms with Gasteiger partial charge in [0.15, 0.2) is 5.82 Å². The van der Waals surface area contributed by atoms with Crippen LogP contribution in [0.25, 0.3) is 0 Å². The smallest absolute Gasteiger partial charge is 0.383 e. The zero-order valence-electron chi connectivity index (χ0n) is 18.2. The minimum absolute atomic E-state index is 0.0192. The summed E-state index contributed by atoms with van der Waals surface area (Å²) < 4.78 is 39.0. The van der Waals surface area contributed by atoms with Crippen molar-refractivity contribution < 1.29 is 13.2 Å². The molecular weight excluding hydrogens is 429 g/mol. The summed E-state index contributed by atoms with van der Waals surface area (Å²) in [6, 6.07) is 14.3. The van der Waals surface area contributed by atoms with Crippen molar-refractivity contribution in [1.29, 1.82) is 5.26 Å². The molecule has 0 aliphatic carbocycles. The van der Waals surface area contributed by atoms with Gasteiger partial charge in [0.2, 0.25) is 0 Å². The first-order chi connectivity index (χ1) is 15.7. The molecule has 9 heteroatoms. The van der Waals surface area contributed by atoms with Gasteiger partial charge in [0, 0.05) is 11.3 Å². The largest absolute Gasteiger partial charge is 0.416 e. The predicted molar refractivity (Wildman–Crippen MR) is 122 cm³/mol. The normalized spacial score (nSPS) is 11.5. The van der Waals surface area contributed by atoms with E-state index < -0.39 is 11.7 Å². The van der Waals surface area contributed by atoms with Crippen LogP contribution in [0.2, 0.25) is 0 Å². The molecule has 0 spiro atoms. The highest BCUT2D eigenvalue weighted by Crippen LogP contribution is 2.36. The number of nitrogens with zero attached hydrogens (tertiary/aromatic N) is 4. The summed E-state index contributed by atoms with van der Waals surface area (Å²) in [5, 5.41) is 20.6. The fraction of sp³-hybridized carbons (Fsp3) is 0.250. The molecule has 2 aromatic carbocycles. The minimum Gasteiger partial charge on any atom is -0.383 e. The molecule has 0 saturated heterocycles. The molecule has 3 N–H and O–H groups in total. The van der Waals surface area contributed by atoms with Crippen molar-refractivity contribution in [3.05, 3.63) is 70.8 Å². The first kappa shape index (κ1) is 23.7. The second-order valence-corrected chi connectivity index (χ2v) is 7.48. The number of nitriles is 1.